The Labute approximate surface area is 369 Å². The molecule has 4 aromatic heterocycles. The maximum Gasteiger partial charge on any atom is 0.292 e. The van der Waals surface area contributed by atoms with Gasteiger partial charge in [-0.25, -0.2) is 24.6 Å². The summed E-state index contributed by atoms with van der Waals surface area (Å²) >= 11 is 0. The highest BCUT2D eigenvalue weighted by Crippen LogP contribution is 2.33. The molecule has 20 heteroatoms. The van der Waals surface area contributed by atoms with E-state index in [2.05, 4.69) is 52.9 Å². The second kappa shape index (κ2) is 18.9. The molecule has 3 amide bonds. The summed E-state index contributed by atoms with van der Waals surface area (Å²) in [7, 11) is 0. The summed E-state index contributed by atoms with van der Waals surface area (Å²) in [5, 5.41) is 5.58. The third-order valence-corrected chi connectivity index (χ3v) is 12.3. The predicted octanol–water partition coefficient (Wildman–Crippen LogP) is 1.66. The van der Waals surface area contributed by atoms with Gasteiger partial charge in [-0.2, -0.15) is 10.1 Å². The van der Waals surface area contributed by atoms with Crippen LogP contribution in [0.3, 0.4) is 0 Å². The number of oxazole rings is 1. The SMILES string of the molecule is NCc1cnc(N2CCN(C(=O)CCOCCN3CCN(C(=O)CCC(=O)N4CCc5cc(Cn6nc(-c7ccc8oc(N)nc8c7)c7c(N)ncnc76)ccc5C4)CC3)CC2)nc1. The largest absolute Gasteiger partial charge is 0.424 e. The number of ether oxygens (including phenoxy) is 1. The lowest BCUT2D eigenvalue weighted by Gasteiger charge is -2.35. The molecule has 0 spiro atoms. The van der Waals surface area contributed by atoms with Gasteiger partial charge in [0, 0.05) is 115 Å². The summed E-state index contributed by atoms with van der Waals surface area (Å²) in [6.45, 7) is 8.90. The van der Waals surface area contributed by atoms with Gasteiger partial charge in [-0.15, -0.1) is 0 Å². The monoisotopic (exact) mass is 871 g/mol. The number of nitrogens with two attached hydrogens (primary N) is 3. The van der Waals surface area contributed by atoms with E-state index in [-0.39, 0.29) is 36.6 Å². The van der Waals surface area contributed by atoms with Crippen LogP contribution in [0.25, 0.3) is 33.4 Å². The van der Waals surface area contributed by atoms with E-state index >= 15 is 0 Å². The van der Waals surface area contributed by atoms with Crippen molar-refractivity contribution in [2.75, 3.05) is 95.0 Å². The molecule has 0 radical (unpaired) electrons. The van der Waals surface area contributed by atoms with E-state index in [0.717, 1.165) is 41.9 Å². The summed E-state index contributed by atoms with van der Waals surface area (Å²) in [4.78, 5) is 71.0. The lowest BCUT2D eigenvalue weighted by atomic mass is 9.97. The van der Waals surface area contributed by atoms with Crippen molar-refractivity contribution in [2.45, 2.75) is 45.3 Å². The van der Waals surface area contributed by atoms with E-state index in [4.69, 9.17) is 31.5 Å². The lowest BCUT2D eigenvalue weighted by molar-refractivity contribution is -0.138. The van der Waals surface area contributed by atoms with Crippen LogP contribution in [0.4, 0.5) is 17.8 Å². The van der Waals surface area contributed by atoms with Crippen molar-refractivity contribution in [1.82, 2.24) is 54.3 Å². The zero-order valence-electron chi connectivity index (χ0n) is 35.8. The smallest absolute Gasteiger partial charge is 0.292 e. The first-order valence-corrected chi connectivity index (χ1v) is 21.8. The standard InChI is InChI=1S/C44H53N15O5/c45-23-30-24-48-44(49-25-30)57-16-14-56(15-17-57)38(62)8-19-63-20-18-54-10-12-55(13-11-54)36(60)5-6-37(61)58-9-7-31-21-29(1-2-33(31)27-58)26-59-42-39(41(46)50-28-51-42)40(53-59)32-3-4-35-34(22-32)52-43(47)64-35/h1-4,21-22,24-25,28H,5-20,23,26-27,45H2,(H2,47,52)(H2,46,50,51). The first kappa shape index (κ1) is 42.5. The molecule has 2 fully saturated rings. The van der Waals surface area contributed by atoms with Gasteiger partial charge in [0.05, 0.1) is 31.6 Å². The van der Waals surface area contributed by atoms with Gasteiger partial charge in [-0.05, 0) is 41.3 Å². The summed E-state index contributed by atoms with van der Waals surface area (Å²) in [5.74, 6) is 1.07. The summed E-state index contributed by atoms with van der Waals surface area (Å²) in [6.07, 6.45) is 6.35. The average Bonchev–Trinajstić information content (AvgIpc) is 3.90. The lowest BCUT2D eigenvalue weighted by Crippen LogP contribution is -2.50. The van der Waals surface area contributed by atoms with Gasteiger partial charge in [0.15, 0.2) is 11.2 Å². The number of hydrogen-bond acceptors (Lipinski definition) is 16. The Morgan fingerprint density at radius 3 is 2.23 bits per heavy atom. The van der Waals surface area contributed by atoms with Gasteiger partial charge in [-0.1, -0.05) is 18.2 Å². The van der Waals surface area contributed by atoms with Gasteiger partial charge in [0.1, 0.15) is 23.4 Å². The Kier molecular flexibility index (Phi) is 12.6. The molecule has 6 aromatic rings. The summed E-state index contributed by atoms with van der Waals surface area (Å²) in [5.41, 5.74) is 25.2. The van der Waals surface area contributed by atoms with Crippen LogP contribution in [0.5, 0.6) is 0 Å². The molecule has 0 atom stereocenters. The Balaban J connectivity index is 0.682. The second-order valence-corrected chi connectivity index (χ2v) is 16.4. The Hall–Kier alpha value is -6.77. The van der Waals surface area contributed by atoms with Crippen LogP contribution < -0.4 is 22.1 Å². The van der Waals surface area contributed by atoms with Crippen LogP contribution in [0, 0.1) is 0 Å². The molecule has 9 rings (SSSR count). The molecule has 20 nitrogen and oxygen atoms in total. The minimum absolute atomic E-state index is 0.00685. The van der Waals surface area contributed by atoms with Crippen LogP contribution in [0.1, 0.15) is 41.5 Å². The van der Waals surface area contributed by atoms with E-state index in [1.165, 1.54) is 11.9 Å². The van der Waals surface area contributed by atoms with E-state index in [1.807, 2.05) is 31.5 Å². The number of anilines is 3. The van der Waals surface area contributed by atoms with E-state index in [9.17, 15) is 14.4 Å². The number of aromatic nitrogens is 7. The molecule has 64 heavy (non-hydrogen) atoms. The topological polar surface area (TPSA) is 250 Å². The molecule has 0 saturated carbocycles. The maximum absolute atomic E-state index is 13.3. The van der Waals surface area contributed by atoms with Crippen molar-refractivity contribution < 1.29 is 23.5 Å². The number of amides is 3. The first-order chi connectivity index (χ1) is 31.2. The van der Waals surface area contributed by atoms with Gasteiger partial charge in [-0.3, -0.25) is 19.3 Å². The fourth-order valence-electron chi connectivity index (χ4n) is 8.66. The van der Waals surface area contributed by atoms with Crippen LogP contribution in [-0.4, -0.2) is 151 Å². The molecular weight excluding hydrogens is 819 g/mol. The number of hydrogen-bond donors (Lipinski definition) is 3. The minimum Gasteiger partial charge on any atom is -0.424 e. The van der Waals surface area contributed by atoms with Gasteiger partial charge in [0.2, 0.25) is 23.7 Å². The molecule has 7 heterocycles. The number of carbonyl (C=O) groups excluding carboxylic acids is 3. The molecular formula is C44H53N15O5. The molecule has 334 valence electrons. The fourth-order valence-corrected chi connectivity index (χ4v) is 8.66. The van der Waals surface area contributed by atoms with Crippen molar-refractivity contribution in [3.63, 3.8) is 0 Å². The van der Waals surface area contributed by atoms with Gasteiger partial charge < -0.3 is 46.0 Å². The maximum atomic E-state index is 13.3. The normalized spacial score (nSPS) is 15.9. The number of piperazine rings is 2. The van der Waals surface area contributed by atoms with Crippen molar-refractivity contribution in [3.8, 4) is 11.3 Å². The fraction of sp³-hybridized carbons (Fsp3) is 0.432. The minimum atomic E-state index is -0.0117. The Bertz CT molecular complexity index is 2630. The van der Waals surface area contributed by atoms with Crippen molar-refractivity contribution >= 4 is 57.6 Å². The number of nitrogens with zero attached hydrogens (tertiary/aromatic N) is 12. The molecule has 3 aliphatic rings. The van der Waals surface area contributed by atoms with Crippen molar-refractivity contribution in [2.24, 2.45) is 5.73 Å². The number of nitrogen functional groups attached to an aromatic ring is 2. The highest BCUT2D eigenvalue weighted by Gasteiger charge is 2.26. The van der Waals surface area contributed by atoms with Gasteiger partial charge >= 0.3 is 0 Å². The van der Waals surface area contributed by atoms with Crippen LogP contribution in [0.15, 0.2) is 59.5 Å². The predicted molar refractivity (Wildman–Crippen MR) is 238 cm³/mol. The quantitative estimate of drug-likeness (QED) is 0.132. The highest BCUT2D eigenvalue weighted by atomic mass is 16.5. The molecule has 2 saturated heterocycles. The number of fused-ring (bicyclic) bond motifs is 3. The summed E-state index contributed by atoms with van der Waals surface area (Å²) in [6, 6.07) is 11.9. The molecule has 0 unspecified atom stereocenters. The number of rotatable bonds is 14. The zero-order valence-corrected chi connectivity index (χ0v) is 35.8. The van der Waals surface area contributed by atoms with Crippen LogP contribution in [0.2, 0.25) is 0 Å². The summed E-state index contributed by atoms with van der Waals surface area (Å²) < 4.78 is 13.1. The molecule has 0 aliphatic carbocycles. The third-order valence-electron chi connectivity index (χ3n) is 12.3. The number of carbonyl (C=O) groups is 3. The second-order valence-electron chi connectivity index (χ2n) is 16.4. The molecule has 2 aromatic carbocycles. The van der Waals surface area contributed by atoms with Crippen molar-refractivity contribution in [1.29, 1.82) is 0 Å². The molecule has 3 aliphatic heterocycles. The first-order valence-electron chi connectivity index (χ1n) is 21.8. The van der Waals surface area contributed by atoms with Gasteiger partial charge in [0.25, 0.3) is 6.01 Å². The van der Waals surface area contributed by atoms with E-state index in [0.29, 0.717) is 131 Å². The molecule has 6 N–H and O–H groups in total. The Morgan fingerprint density at radius 1 is 0.734 bits per heavy atom. The average molecular weight is 872 g/mol. The van der Waals surface area contributed by atoms with Crippen LogP contribution in [-0.2, 0) is 45.2 Å². The van der Waals surface area contributed by atoms with E-state index < -0.39 is 0 Å². The highest BCUT2D eigenvalue weighted by molar-refractivity contribution is 5.99. The van der Waals surface area contributed by atoms with E-state index in [1.54, 1.807) is 18.5 Å². The van der Waals surface area contributed by atoms with Crippen molar-refractivity contribution in [3.05, 3.63) is 77.4 Å². The third kappa shape index (κ3) is 9.43. The number of benzene rings is 2. The zero-order chi connectivity index (χ0) is 44.2. The molecule has 0 bridgehead atoms. The van der Waals surface area contributed by atoms with Crippen LogP contribution >= 0.6 is 0 Å². The Morgan fingerprint density at radius 2 is 1.47 bits per heavy atom.